The van der Waals surface area contributed by atoms with Crippen molar-refractivity contribution in [2.45, 2.75) is 26.4 Å². The van der Waals surface area contributed by atoms with Gasteiger partial charge in [0.25, 0.3) is 0 Å². The van der Waals surface area contributed by atoms with Crippen LogP contribution in [0.2, 0.25) is 0 Å². The van der Waals surface area contributed by atoms with Crippen LogP contribution < -0.4 is 0 Å². The van der Waals surface area contributed by atoms with E-state index >= 15 is 0 Å². The Balaban J connectivity index is 2.18. The molecule has 0 saturated carbocycles. The molecule has 0 amide bonds. The molecule has 0 bridgehead atoms. The highest BCUT2D eigenvalue weighted by Gasteiger charge is 2.17. The van der Waals surface area contributed by atoms with E-state index in [-0.39, 0.29) is 5.97 Å². The number of rotatable bonds is 2. The van der Waals surface area contributed by atoms with Gasteiger partial charge in [0.05, 0.1) is 23.0 Å². The smallest absolute Gasteiger partial charge is 0.338 e. The fourth-order valence-corrected chi connectivity index (χ4v) is 1.61. The van der Waals surface area contributed by atoms with Crippen LogP contribution in [-0.4, -0.2) is 21.4 Å². The number of esters is 1. The molecule has 1 aromatic heterocycles. The van der Waals surface area contributed by atoms with Crippen molar-refractivity contribution in [3.8, 4) is 11.8 Å². The molecule has 5 heteroatoms. The number of aromatic nitrogens is 2. The van der Waals surface area contributed by atoms with Crippen molar-refractivity contribution < 1.29 is 9.53 Å². The van der Waals surface area contributed by atoms with Gasteiger partial charge >= 0.3 is 5.97 Å². The van der Waals surface area contributed by atoms with Crippen LogP contribution in [0.3, 0.4) is 0 Å². The fourth-order valence-electron chi connectivity index (χ4n) is 1.61. The lowest BCUT2D eigenvalue weighted by Gasteiger charge is -2.19. The lowest BCUT2D eigenvalue weighted by atomic mass is 10.1. The maximum Gasteiger partial charge on any atom is 0.338 e. The molecule has 0 aliphatic carbocycles. The van der Waals surface area contributed by atoms with Crippen LogP contribution in [0.5, 0.6) is 0 Å². The average molecular weight is 269 g/mol. The Kier molecular flexibility index (Phi) is 3.57. The summed E-state index contributed by atoms with van der Waals surface area (Å²) in [5, 5.41) is 12.8. The van der Waals surface area contributed by atoms with E-state index in [1.165, 1.54) is 6.20 Å². The Labute approximate surface area is 117 Å². The van der Waals surface area contributed by atoms with Gasteiger partial charge in [-0.3, -0.25) is 0 Å². The van der Waals surface area contributed by atoms with Crippen molar-refractivity contribution in [3.05, 3.63) is 47.8 Å². The molecule has 1 aromatic carbocycles. The van der Waals surface area contributed by atoms with E-state index in [1.54, 1.807) is 35.1 Å². The largest absolute Gasteiger partial charge is 0.456 e. The molecular weight excluding hydrogens is 254 g/mol. The average Bonchev–Trinajstić information content (AvgIpc) is 2.85. The van der Waals surface area contributed by atoms with Crippen molar-refractivity contribution in [1.29, 1.82) is 5.26 Å². The standard InChI is InChI=1S/C15H15N3O2/c1-15(2,3)20-14(19)12-4-6-13(7-5-12)18-10-11(8-16)9-17-18/h4-7,9-10H,1-3H3. The van der Waals surface area contributed by atoms with Crippen molar-refractivity contribution in [2.24, 2.45) is 0 Å². The Morgan fingerprint density at radius 1 is 1.30 bits per heavy atom. The van der Waals surface area contributed by atoms with Crippen LogP contribution in [0.15, 0.2) is 36.7 Å². The SMILES string of the molecule is CC(C)(C)OC(=O)c1ccc(-n2cc(C#N)cn2)cc1. The topological polar surface area (TPSA) is 67.9 Å². The Bertz CT molecular complexity index is 658. The van der Waals surface area contributed by atoms with Gasteiger partial charge in [0.1, 0.15) is 11.7 Å². The van der Waals surface area contributed by atoms with E-state index in [1.807, 2.05) is 26.8 Å². The van der Waals surface area contributed by atoms with Gasteiger partial charge in [0.15, 0.2) is 0 Å². The Morgan fingerprint density at radius 2 is 1.95 bits per heavy atom. The number of benzene rings is 1. The van der Waals surface area contributed by atoms with Gasteiger partial charge in [-0.15, -0.1) is 0 Å². The predicted octanol–water partition coefficient (Wildman–Crippen LogP) is 2.70. The summed E-state index contributed by atoms with van der Waals surface area (Å²) in [5.41, 5.74) is 1.23. The second kappa shape index (κ2) is 5.17. The highest BCUT2D eigenvalue weighted by molar-refractivity contribution is 5.89. The number of ether oxygens (including phenoxy) is 1. The third-order valence-electron chi connectivity index (χ3n) is 2.48. The summed E-state index contributed by atoms with van der Waals surface area (Å²) in [6.07, 6.45) is 3.12. The zero-order valence-electron chi connectivity index (χ0n) is 11.6. The summed E-state index contributed by atoms with van der Waals surface area (Å²) in [4.78, 5) is 11.9. The van der Waals surface area contributed by atoms with Crippen molar-refractivity contribution in [2.75, 3.05) is 0 Å². The van der Waals surface area contributed by atoms with Crippen LogP contribution in [-0.2, 0) is 4.74 Å². The first-order valence-corrected chi connectivity index (χ1v) is 6.17. The molecule has 0 radical (unpaired) electrons. The van der Waals surface area contributed by atoms with E-state index < -0.39 is 5.60 Å². The number of nitrogens with zero attached hydrogens (tertiary/aromatic N) is 3. The Hall–Kier alpha value is -2.61. The first-order valence-electron chi connectivity index (χ1n) is 6.17. The molecule has 2 aromatic rings. The molecule has 0 unspecified atom stereocenters. The van der Waals surface area contributed by atoms with Crippen molar-refractivity contribution in [3.63, 3.8) is 0 Å². The van der Waals surface area contributed by atoms with E-state index in [0.717, 1.165) is 5.69 Å². The van der Waals surface area contributed by atoms with Gasteiger partial charge in [-0.05, 0) is 45.0 Å². The molecule has 0 aliphatic heterocycles. The number of carbonyl (C=O) groups is 1. The van der Waals surface area contributed by atoms with Gasteiger partial charge in [-0.2, -0.15) is 10.4 Å². The molecule has 2 rings (SSSR count). The molecule has 0 atom stereocenters. The maximum absolute atomic E-state index is 11.9. The fraction of sp³-hybridized carbons (Fsp3) is 0.267. The van der Waals surface area contributed by atoms with E-state index in [2.05, 4.69) is 5.10 Å². The van der Waals surface area contributed by atoms with Crippen molar-refractivity contribution in [1.82, 2.24) is 9.78 Å². The maximum atomic E-state index is 11.9. The first kappa shape index (κ1) is 13.8. The quantitative estimate of drug-likeness (QED) is 0.786. The molecule has 0 saturated heterocycles. The minimum atomic E-state index is -0.514. The second-order valence-electron chi connectivity index (χ2n) is 5.33. The zero-order valence-corrected chi connectivity index (χ0v) is 11.6. The molecule has 0 spiro atoms. The predicted molar refractivity (Wildman–Crippen MR) is 73.4 cm³/mol. The summed E-state index contributed by atoms with van der Waals surface area (Å²) in [6, 6.07) is 8.89. The summed E-state index contributed by atoms with van der Waals surface area (Å²) < 4.78 is 6.87. The van der Waals surface area contributed by atoms with Gasteiger partial charge in [0, 0.05) is 6.20 Å². The Morgan fingerprint density at radius 3 is 2.45 bits per heavy atom. The van der Waals surface area contributed by atoms with Gasteiger partial charge < -0.3 is 4.74 Å². The van der Waals surface area contributed by atoms with Crippen LogP contribution >= 0.6 is 0 Å². The zero-order chi connectivity index (χ0) is 14.8. The molecule has 102 valence electrons. The van der Waals surface area contributed by atoms with Crippen molar-refractivity contribution >= 4 is 5.97 Å². The number of hydrogen-bond acceptors (Lipinski definition) is 4. The first-order chi connectivity index (χ1) is 9.39. The second-order valence-corrected chi connectivity index (χ2v) is 5.33. The normalized spacial score (nSPS) is 10.9. The third kappa shape index (κ3) is 3.23. The molecular formula is C15H15N3O2. The molecule has 5 nitrogen and oxygen atoms in total. The minimum Gasteiger partial charge on any atom is -0.456 e. The summed E-state index contributed by atoms with van der Waals surface area (Å²) in [6.45, 7) is 5.48. The molecule has 1 heterocycles. The number of nitriles is 1. The highest BCUT2D eigenvalue weighted by Crippen LogP contribution is 2.14. The lowest BCUT2D eigenvalue weighted by molar-refractivity contribution is 0.00695. The van der Waals surface area contributed by atoms with Gasteiger partial charge in [-0.25, -0.2) is 9.48 Å². The van der Waals surface area contributed by atoms with Gasteiger partial charge in [0.2, 0.25) is 0 Å². The van der Waals surface area contributed by atoms with Crippen LogP contribution in [0.4, 0.5) is 0 Å². The molecule has 0 fully saturated rings. The summed E-state index contributed by atoms with van der Waals surface area (Å²) in [7, 11) is 0. The number of hydrogen-bond donors (Lipinski definition) is 0. The monoisotopic (exact) mass is 269 g/mol. The van der Waals surface area contributed by atoms with Crippen LogP contribution in [0.1, 0.15) is 36.7 Å². The van der Waals surface area contributed by atoms with E-state index in [9.17, 15) is 4.79 Å². The third-order valence-corrected chi connectivity index (χ3v) is 2.48. The van der Waals surface area contributed by atoms with Gasteiger partial charge in [-0.1, -0.05) is 0 Å². The molecule has 0 aliphatic rings. The van der Waals surface area contributed by atoms with Crippen LogP contribution in [0, 0.1) is 11.3 Å². The van der Waals surface area contributed by atoms with Crippen LogP contribution in [0.25, 0.3) is 5.69 Å². The minimum absolute atomic E-state index is 0.359. The number of carbonyl (C=O) groups excluding carboxylic acids is 1. The summed E-state index contributed by atoms with van der Waals surface area (Å²) in [5.74, 6) is -0.359. The van der Waals surface area contributed by atoms with E-state index in [4.69, 9.17) is 10.00 Å². The molecule has 20 heavy (non-hydrogen) atoms. The molecule has 0 N–H and O–H groups in total. The summed E-state index contributed by atoms with van der Waals surface area (Å²) >= 11 is 0. The lowest BCUT2D eigenvalue weighted by Crippen LogP contribution is -2.23. The van der Waals surface area contributed by atoms with E-state index in [0.29, 0.717) is 11.1 Å². The highest BCUT2D eigenvalue weighted by atomic mass is 16.6.